The summed E-state index contributed by atoms with van der Waals surface area (Å²) < 4.78 is 14.8. The predicted octanol–water partition coefficient (Wildman–Crippen LogP) is 14.5. The minimum absolute atomic E-state index is 0.916. The van der Waals surface area contributed by atoms with Gasteiger partial charge in [0.1, 0.15) is 22.3 Å². The summed E-state index contributed by atoms with van der Waals surface area (Å²) in [7, 11) is 0. The van der Waals surface area contributed by atoms with Crippen molar-refractivity contribution in [1.82, 2.24) is 0 Å². The van der Waals surface area contributed by atoms with Gasteiger partial charge in [-0.1, -0.05) is 115 Å². The largest absolute Gasteiger partial charge is 0.456 e. The summed E-state index contributed by atoms with van der Waals surface area (Å²) in [6, 6.07) is 61.0. The van der Waals surface area contributed by atoms with Gasteiger partial charge in [-0.25, -0.2) is 0 Å². The van der Waals surface area contributed by atoms with Crippen LogP contribution in [-0.4, -0.2) is 0 Å². The average molecular weight is 669 g/mol. The van der Waals surface area contributed by atoms with Gasteiger partial charge >= 0.3 is 0 Å². The van der Waals surface area contributed by atoms with E-state index in [1.165, 1.54) is 64.7 Å². The van der Waals surface area contributed by atoms with Crippen LogP contribution in [0.1, 0.15) is 0 Å². The molecule has 3 heterocycles. The first kappa shape index (κ1) is 28.4. The van der Waals surface area contributed by atoms with Gasteiger partial charge in [0, 0.05) is 41.7 Å². The van der Waals surface area contributed by atoms with Crippen molar-refractivity contribution in [1.29, 1.82) is 0 Å². The zero-order valence-electron chi connectivity index (χ0n) is 27.4. The Morgan fingerprint density at radius 1 is 0.294 bits per heavy atom. The lowest BCUT2D eigenvalue weighted by Crippen LogP contribution is -1.85. The number of hydrogen-bond donors (Lipinski definition) is 0. The van der Waals surface area contributed by atoms with Crippen LogP contribution in [0.4, 0.5) is 0 Å². The van der Waals surface area contributed by atoms with Crippen molar-refractivity contribution in [3.63, 3.8) is 0 Å². The number of rotatable bonds is 4. The fourth-order valence-electron chi connectivity index (χ4n) is 7.87. The van der Waals surface area contributed by atoms with Crippen LogP contribution < -0.4 is 0 Å². The van der Waals surface area contributed by atoms with Gasteiger partial charge in [0.25, 0.3) is 0 Å². The van der Waals surface area contributed by atoms with Crippen molar-refractivity contribution in [2.24, 2.45) is 0 Å². The van der Waals surface area contributed by atoms with Crippen molar-refractivity contribution in [3.8, 4) is 44.5 Å². The lowest BCUT2D eigenvalue weighted by Gasteiger charge is -2.11. The van der Waals surface area contributed by atoms with Gasteiger partial charge in [-0.15, -0.1) is 11.3 Å². The Balaban J connectivity index is 1.02. The zero-order chi connectivity index (χ0) is 33.5. The van der Waals surface area contributed by atoms with Crippen molar-refractivity contribution < 1.29 is 8.83 Å². The van der Waals surface area contributed by atoms with Gasteiger partial charge in [-0.3, -0.25) is 0 Å². The number of furan rings is 2. The predicted molar refractivity (Wildman–Crippen MR) is 216 cm³/mol. The van der Waals surface area contributed by atoms with E-state index in [0.29, 0.717) is 0 Å². The van der Waals surface area contributed by atoms with Crippen molar-refractivity contribution in [3.05, 3.63) is 170 Å². The summed E-state index contributed by atoms with van der Waals surface area (Å²) in [6.45, 7) is 0. The minimum atomic E-state index is 0.916. The summed E-state index contributed by atoms with van der Waals surface area (Å²) in [4.78, 5) is 0. The Morgan fingerprint density at radius 3 is 1.37 bits per heavy atom. The van der Waals surface area contributed by atoms with E-state index in [4.69, 9.17) is 8.83 Å². The maximum Gasteiger partial charge on any atom is 0.135 e. The molecule has 3 aromatic heterocycles. The second-order valence-corrected chi connectivity index (χ2v) is 14.3. The highest BCUT2D eigenvalue weighted by Gasteiger charge is 2.17. The summed E-state index contributed by atoms with van der Waals surface area (Å²) in [5, 5.41) is 7.20. The first-order valence-corrected chi connectivity index (χ1v) is 18.1. The van der Waals surface area contributed by atoms with Crippen LogP contribution in [0.3, 0.4) is 0 Å². The fourth-order valence-corrected chi connectivity index (χ4v) is 9.03. The lowest BCUT2D eigenvalue weighted by atomic mass is 9.92. The summed E-state index contributed by atoms with van der Waals surface area (Å²) in [5.74, 6) is 0. The van der Waals surface area contributed by atoms with Gasteiger partial charge in [-0.2, -0.15) is 0 Å². The molecule has 8 aromatic carbocycles. The first-order valence-electron chi connectivity index (χ1n) is 17.2. The second kappa shape index (κ2) is 11.0. The topological polar surface area (TPSA) is 26.3 Å². The quantitative estimate of drug-likeness (QED) is 0.187. The number of fused-ring (bicyclic) bond motifs is 9. The van der Waals surface area contributed by atoms with Crippen LogP contribution in [0.25, 0.3) is 109 Å². The van der Waals surface area contributed by atoms with Gasteiger partial charge in [0.15, 0.2) is 0 Å². The van der Waals surface area contributed by atoms with Gasteiger partial charge in [0.2, 0.25) is 0 Å². The molecule has 0 N–H and O–H groups in total. The number of hydrogen-bond acceptors (Lipinski definition) is 3. The molecule has 2 nitrogen and oxygen atoms in total. The van der Waals surface area contributed by atoms with Crippen LogP contribution in [0.5, 0.6) is 0 Å². The molecule has 3 heteroatoms. The minimum Gasteiger partial charge on any atom is -0.456 e. The Morgan fingerprint density at radius 2 is 0.745 bits per heavy atom. The van der Waals surface area contributed by atoms with E-state index in [2.05, 4.69) is 146 Å². The molecule has 51 heavy (non-hydrogen) atoms. The Bertz CT molecular complexity index is 3140. The normalized spacial score (nSPS) is 11.9. The van der Waals surface area contributed by atoms with E-state index in [9.17, 15) is 0 Å². The number of benzene rings is 8. The molecule has 0 saturated carbocycles. The molecule has 0 aliphatic heterocycles. The Kier molecular flexibility index (Phi) is 6.16. The Labute approximate surface area is 297 Å². The molecule has 0 atom stereocenters. The molecule has 0 fully saturated rings. The third-order valence-electron chi connectivity index (χ3n) is 10.3. The molecule has 0 bridgehead atoms. The SMILES string of the molecule is c1cc(-c2ccc3oc4ccccc4c3c2)cc(-c2cccc3sc4cccc(-c5ccc(-c6ccc7oc8ccccc8c7c6)cc5)c4c23)c1. The van der Waals surface area contributed by atoms with E-state index in [-0.39, 0.29) is 0 Å². The summed E-state index contributed by atoms with van der Waals surface area (Å²) in [6.07, 6.45) is 0. The molecular weight excluding hydrogens is 641 g/mol. The van der Waals surface area contributed by atoms with Crippen molar-refractivity contribution in [2.75, 3.05) is 0 Å². The number of thiophene rings is 1. The van der Waals surface area contributed by atoms with Gasteiger partial charge < -0.3 is 8.83 Å². The van der Waals surface area contributed by atoms with Crippen molar-refractivity contribution >= 4 is 75.4 Å². The standard InChI is InChI=1S/C48H28O2S/c1-3-14-41-37(10-1)39-27-32(22-24-43(39)49-41)29-18-20-30(21-19-29)35-12-6-16-45-47(35)48-36(13-7-17-46(48)51-45)34-9-5-8-31(26-34)33-23-25-44-40(28-33)38-11-2-4-15-42(38)50-44/h1-28H. The molecule has 0 aliphatic rings. The highest BCUT2D eigenvalue weighted by atomic mass is 32.1. The third kappa shape index (κ3) is 4.49. The van der Waals surface area contributed by atoms with Crippen LogP contribution in [-0.2, 0) is 0 Å². The number of para-hydroxylation sites is 2. The lowest BCUT2D eigenvalue weighted by molar-refractivity contribution is 0.668. The fraction of sp³-hybridized carbons (Fsp3) is 0. The van der Waals surface area contributed by atoms with E-state index in [1.54, 1.807) is 0 Å². The molecule has 0 aliphatic carbocycles. The summed E-state index contributed by atoms with van der Waals surface area (Å²) >= 11 is 1.87. The summed E-state index contributed by atoms with van der Waals surface area (Å²) in [5.41, 5.74) is 13.3. The van der Waals surface area contributed by atoms with Crippen LogP contribution in [0.2, 0.25) is 0 Å². The monoisotopic (exact) mass is 668 g/mol. The molecule has 0 amide bonds. The van der Waals surface area contributed by atoms with Gasteiger partial charge in [0.05, 0.1) is 0 Å². The zero-order valence-corrected chi connectivity index (χ0v) is 28.2. The van der Waals surface area contributed by atoms with Crippen molar-refractivity contribution in [2.45, 2.75) is 0 Å². The maximum atomic E-state index is 6.12. The second-order valence-electron chi connectivity index (χ2n) is 13.2. The van der Waals surface area contributed by atoms with E-state index in [1.807, 2.05) is 35.6 Å². The maximum absolute atomic E-state index is 6.12. The first-order chi connectivity index (χ1) is 25.2. The molecule has 0 saturated heterocycles. The van der Waals surface area contributed by atoms with E-state index < -0.39 is 0 Å². The molecule has 11 aromatic rings. The van der Waals surface area contributed by atoms with E-state index >= 15 is 0 Å². The van der Waals surface area contributed by atoms with Crippen LogP contribution >= 0.6 is 11.3 Å². The molecular formula is C48H28O2S. The van der Waals surface area contributed by atoms with E-state index in [0.717, 1.165) is 43.9 Å². The molecule has 0 spiro atoms. The molecule has 0 unspecified atom stereocenters. The molecule has 238 valence electrons. The van der Waals surface area contributed by atoms with Crippen LogP contribution in [0.15, 0.2) is 179 Å². The highest BCUT2D eigenvalue weighted by Crippen LogP contribution is 2.45. The molecule has 0 radical (unpaired) electrons. The highest BCUT2D eigenvalue weighted by molar-refractivity contribution is 7.26. The smallest absolute Gasteiger partial charge is 0.135 e. The third-order valence-corrected chi connectivity index (χ3v) is 11.4. The van der Waals surface area contributed by atoms with Gasteiger partial charge in [-0.05, 0) is 99.1 Å². The average Bonchev–Trinajstić information content (AvgIpc) is 3.88. The van der Waals surface area contributed by atoms with Crippen LogP contribution in [0, 0.1) is 0 Å². The Hall–Kier alpha value is -6.42. The molecule has 11 rings (SSSR count).